The van der Waals surface area contributed by atoms with Crippen LogP contribution in [0.2, 0.25) is 0 Å². The van der Waals surface area contributed by atoms with Gasteiger partial charge in [0.05, 0.1) is 6.61 Å². The molecule has 0 unspecified atom stereocenters. The van der Waals surface area contributed by atoms with E-state index in [1.165, 1.54) is 12.3 Å². The zero-order valence-electron chi connectivity index (χ0n) is 6.78. The van der Waals surface area contributed by atoms with E-state index >= 15 is 0 Å². The average Bonchev–Trinajstić information content (AvgIpc) is 2.07. The number of rotatable bonds is 3. The summed E-state index contributed by atoms with van der Waals surface area (Å²) in [6, 6.07) is 3.07. The van der Waals surface area contributed by atoms with Crippen LogP contribution in [-0.2, 0) is 11.4 Å². The molecule has 0 aromatic carbocycles. The van der Waals surface area contributed by atoms with Crippen molar-refractivity contribution >= 4 is 0 Å². The highest BCUT2D eigenvalue weighted by Crippen LogP contribution is 1.94. The van der Waals surface area contributed by atoms with Crippen LogP contribution >= 0.6 is 0 Å². The molecule has 0 aliphatic heterocycles. The standard InChI is InChI=1S/C7H11N3O2/c1-9-12-5-6-2-3-7(11)10(8)4-6/h2-4,9H,5,8H2,1H3. The fourth-order valence-corrected chi connectivity index (χ4v) is 0.791. The molecule has 1 rings (SSSR count). The number of nitrogens with zero attached hydrogens (tertiary/aromatic N) is 1. The van der Waals surface area contributed by atoms with Gasteiger partial charge in [-0.1, -0.05) is 0 Å². The first-order valence-electron chi connectivity index (χ1n) is 3.49. The highest BCUT2D eigenvalue weighted by atomic mass is 16.6. The molecule has 5 heteroatoms. The second-order valence-corrected chi connectivity index (χ2v) is 2.28. The lowest BCUT2D eigenvalue weighted by Crippen LogP contribution is -2.26. The summed E-state index contributed by atoms with van der Waals surface area (Å²) in [6.07, 6.45) is 1.53. The highest BCUT2D eigenvalue weighted by molar-refractivity contribution is 5.08. The minimum atomic E-state index is -0.233. The van der Waals surface area contributed by atoms with E-state index in [4.69, 9.17) is 10.7 Å². The molecule has 0 bridgehead atoms. The maximum Gasteiger partial charge on any atom is 0.268 e. The maximum absolute atomic E-state index is 10.8. The monoisotopic (exact) mass is 169 g/mol. The van der Waals surface area contributed by atoms with E-state index in [0.29, 0.717) is 6.61 Å². The second-order valence-electron chi connectivity index (χ2n) is 2.28. The van der Waals surface area contributed by atoms with E-state index in [1.54, 1.807) is 13.1 Å². The lowest BCUT2D eigenvalue weighted by Gasteiger charge is -2.02. The van der Waals surface area contributed by atoms with Crippen molar-refractivity contribution in [3.8, 4) is 0 Å². The molecule has 66 valence electrons. The fraction of sp³-hybridized carbons (Fsp3) is 0.286. The number of aromatic nitrogens is 1. The summed E-state index contributed by atoms with van der Waals surface area (Å²) in [4.78, 5) is 15.7. The summed E-state index contributed by atoms with van der Waals surface area (Å²) in [6.45, 7) is 0.383. The highest BCUT2D eigenvalue weighted by Gasteiger charge is 1.94. The average molecular weight is 169 g/mol. The summed E-state index contributed by atoms with van der Waals surface area (Å²) in [5, 5.41) is 0. The van der Waals surface area contributed by atoms with Crippen molar-refractivity contribution in [1.29, 1.82) is 0 Å². The van der Waals surface area contributed by atoms with Crippen LogP contribution in [-0.4, -0.2) is 11.7 Å². The first-order valence-corrected chi connectivity index (χ1v) is 3.49. The molecular formula is C7H11N3O2. The van der Waals surface area contributed by atoms with Gasteiger partial charge in [-0.2, -0.15) is 0 Å². The first-order chi connectivity index (χ1) is 5.74. The van der Waals surface area contributed by atoms with Crippen LogP contribution in [0.1, 0.15) is 5.56 Å². The van der Waals surface area contributed by atoms with Crippen LogP contribution in [0.15, 0.2) is 23.1 Å². The molecule has 0 saturated heterocycles. The van der Waals surface area contributed by atoms with Gasteiger partial charge in [0.1, 0.15) is 0 Å². The molecule has 1 aromatic rings. The third kappa shape index (κ3) is 2.08. The normalized spacial score (nSPS) is 10.1. The topological polar surface area (TPSA) is 69.3 Å². The number of hydrogen-bond donors (Lipinski definition) is 2. The third-order valence-electron chi connectivity index (χ3n) is 1.38. The molecule has 0 fully saturated rings. The summed E-state index contributed by atoms with van der Waals surface area (Å²) in [5.74, 6) is 5.32. The Labute approximate surface area is 69.7 Å². The number of nitrogens with one attached hydrogen (secondary N) is 1. The molecule has 12 heavy (non-hydrogen) atoms. The number of nitrogen functional groups attached to an aromatic ring is 1. The fourth-order valence-electron chi connectivity index (χ4n) is 0.791. The third-order valence-corrected chi connectivity index (χ3v) is 1.38. The Morgan fingerprint density at radius 3 is 3.00 bits per heavy atom. The predicted octanol–water partition coefficient (Wildman–Crippen LogP) is -0.787. The Bertz CT molecular complexity index is 308. The number of hydrogen-bond acceptors (Lipinski definition) is 4. The van der Waals surface area contributed by atoms with Crippen molar-refractivity contribution in [2.24, 2.45) is 0 Å². The number of nitrogens with two attached hydrogens (primary N) is 1. The molecule has 0 spiro atoms. The van der Waals surface area contributed by atoms with Crippen molar-refractivity contribution in [3.63, 3.8) is 0 Å². The van der Waals surface area contributed by atoms with E-state index in [2.05, 4.69) is 5.48 Å². The summed E-state index contributed by atoms with van der Waals surface area (Å²) in [5.41, 5.74) is 3.13. The molecule has 1 heterocycles. The van der Waals surface area contributed by atoms with Gasteiger partial charge >= 0.3 is 0 Å². The van der Waals surface area contributed by atoms with Crippen LogP contribution in [0.3, 0.4) is 0 Å². The predicted molar refractivity (Wildman–Crippen MR) is 44.7 cm³/mol. The number of hydroxylamine groups is 1. The largest absolute Gasteiger partial charge is 0.336 e. The van der Waals surface area contributed by atoms with Gasteiger partial charge in [-0.05, 0) is 11.6 Å². The van der Waals surface area contributed by atoms with E-state index in [9.17, 15) is 4.79 Å². The summed E-state index contributed by atoms with van der Waals surface area (Å²) >= 11 is 0. The minimum absolute atomic E-state index is 0.233. The molecule has 5 nitrogen and oxygen atoms in total. The Morgan fingerprint density at radius 1 is 1.67 bits per heavy atom. The Balaban J connectivity index is 2.75. The second kappa shape index (κ2) is 3.89. The summed E-state index contributed by atoms with van der Waals surface area (Å²) < 4.78 is 1.02. The van der Waals surface area contributed by atoms with E-state index in [0.717, 1.165) is 10.2 Å². The van der Waals surface area contributed by atoms with E-state index in [1.807, 2.05) is 0 Å². The molecule has 0 saturated carbocycles. The van der Waals surface area contributed by atoms with Crippen molar-refractivity contribution in [2.75, 3.05) is 12.9 Å². The SMILES string of the molecule is CNOCc1ccc(=O)n(N)c1. The Hall–Kier alpha value is -1.33. The van der Waals surface area contributed by atoms with Gasteiger partial charge in [-0.25, -0.2) is 10.2 Å². The van der Waals surface area contributed by atoms with Crippen LogP contribution in [0.5, 0.6) is 0 Å². The van der Waals surface area contributed by atoms with Crippen LogP contribution < -0.4 is 16.9 Å². The molecule has 3 N–H and O–H groups in total. The van der Waals surface area contributed by atoms with Gasteiger partial charge in [0.25, 0.3) is 5.56 Å². The molecular weight excluding hydrogens is 158 g/mol. The number of pyridine rings is 1. The smallest absolute Gasteiger partial charge is 0.268 e. The van der Waals surface area contributed by atoms with Crippen molar-refractivity contribution < 1.29 is 4.84 Å². The molecule has 0 aliphatic carbocycles. The molecule has 0 radical (unpaired) electrons. The molecule has 0 aliphatic rings. The van der Waals surface area contributed by atoms with Gasteiger partial charge < -0.3 is 5.84 Å². The summed E-state index contributed by atoms with van der Waals surface area (Å²) in [7, 11) is 1.67. The van der Waals surface area contributed by atoms with Gasteiger partial charge in [-0.3, -0.25) is 9.63 Å². The molecule has 0 amide bonds. The van der Waals surface area contributed by atoms with Gasteiger partial charge in [0, 0.05) is 19.3 Å². The molecule has 1 aromatic heterocycles. The zero-order valence-corrected chi connectivity index (χ0v) is 6.78. The van der Waals surface area contributed by atoms with Crippen molar-refractivity contribution in [1.82, 2.24) is 10.2 Å². The molecule has 0 atom stereocenters. The minimum Gasteiger partial charge on any atom is -0.336 e. The van der Waals surface area contributed by atoms with Crippen LogP contribution in [0, 0.1) is 0 Å². The van der Waals surface area contributed by atoms with E-state index < -0.39 is 0 Å². The van der Waals surface area contributed by atoms with Crippen molar-refractivity contribution in [2.45, 2.75) is 6.61 Å². The van der Waals surface area contributed by atoms with Gasteiger partial charge in [0.2, 0.25) is 0 Å². The first kappa shape index (κ1) is 8.76. The quantitative estimate of drug-likeness (QED) is 0.459. The lowest BCUT2D eigenvalue weighted by atomic mass is 10.3. The van der Waals surface area contributed by atoms with Crippen molar-refractivity contribution in [3.05, 3.63) is 34.2 Å². The van der Waals surface area contributed by atoms with Gasteiger partial charge in [0.15, 0.2) is 0 Å². The van der Waals surface area contributed by atoms with Crippen LogP contribution in [0.25, 0.3) is 0 Å². The van der Waals surface area contributed by atoms with Gasteiger partial charge in [-0.15, -0.1) is 0 Å². The Kier molecular flexibility index (Phi) is 2.84. The van der Waals surface area contributed by atoms with E-state index in [-0.39, 0.29) is 5.56 Å². The Morgan fingerprint density at radius 2 is 2.42 bits per heavy atom. The lowest BCUT2D eigenvalue weighted by molar-refractivity contribution is 0.0442. The maximum atomic E-state index is 10.8. The van der Waals surface area contributed by atoms with Crippen LogP contribution in [0.4, 0.5) is 0 Å². The zero-order chi connectivity index (χ0) is 8.97.